The fraction of sp³-hybridized carbons (Fsp3) is 0.172. The molecule has 190 valence electrons. The van der Waals surface area contributed by atoms with Crippen LogP contribution in [0.4, 0.5) is 17.6 Å². The summed E-state index contributed by atoms with van der Waals surface area (Å²) < 4.78 is 54.3. The molecule has 4 rings (SSSR count). The Labute approximate surface area is 212 Å². The molecule has 0 bridgehead atoms. The number of nitrogens with zero attached hydrogens (tertiary/aromatic N) is 2. The average molecular weight is 509 g/mol. The van der Waals surface area contributed by atoms with Crippen molar-refractivity contribution >= 4 is 23.8 Å². The van der Waals surface area contributed by atoms with Crippen LogP contribution in [0.5, 0.6) is 0 Å². The highest BCUT2D eigenvalue weighted by atomic mass is 19.2. The number of amides is 1. The molecule has 0 atom stereocenters. The van der Waals surface area contributed by atoms with Crippen molar-refractivity contribution in [1.29, 1.82) is 0 Å². The third-order valence-electron chi connectivity index (χ3n) is 5.86. The summed E-state index contributed by atoms with van der Waals surface area (Å²) in [6.45, 7) is 0.575. The Morgan fingerprint density at radius 3 is 1.70 bits per heavy atom. The van der Waals surface area contributed by atoms with E-state index < -0.39 is 29.1 Å². The zero-order chi connectivity index (χ0) is 26.7. The Morgan fingerprint density at radius 2 is 1.27 bits per heavy atom. The monoisotopic (exact) mass is 508 g/mol. The third-order valence-corrected chi connectivity index (χ3v) is 5.86. The summed E-state index contributed by atoms with van der Waals surface area (Å²) in [5, 5.41) is 0. The molecule has 1 aliphatic rings. The van der Waals surface area contributed by atoms with Crippen molar-refractivity contribution in [2.75, 3.05) is 27.2 Å². The first-order chi connectivity index (χ1) is 17.6. The number of halogens is 4. The van der Waals surface area contributed by atoms with Crippen molar-refractivity contribution in [1.82, 2.24) is 9.80 Å². The first-order valence-corrected chi connectivity index (χ1v) is 11.5. The van der Waals surface area contributed by atoms with Gasteiger partial charge < -0.3 is 9.80 Å². The summed E-state index contributed by atoms with van der Waals surface area (Å²) in [6, 6.07) is 13.6. The van der Waals surface area contributed by atoms with Crippen LogP contribution in [0.1, 0.15) is 27.0 Å². The highest BCUT2D eigenvalue weighted by Crippen LogP contribution is 2.25. The number of benzene rings is 3. The molecule has 0 aliphatic carbocycles. The van der Waals surface area contributed by atoms with Gasteiger partial charge in [0.25, 0.3) is 5.91 Å². The molecule has 0 saturated carbocycles. The number of hydrogen-bond acceptors (Lipinski definition) is 3. The van der Waals surface area contributed by atoms with Gasteiger partial charge in [-0.1, -0.05) is 24.3 Å². The molecule has 3 aromatic carbocycles. The van der Waals surface area contributed by atoms with E-state index in [1.165, 1.54) is 29.2 Å². The van der Waals surface area contributed by atoms with Gasteiger partial charge in [-0.3, -0.25) is 9.59 Å². The summed E-state index contributed by atoms with van der Waals surface area (Å²) in [7, 11) is 3.87. The first kappa shape index (κ1) is 26.0. The van der Waals surface area contributed by atoms with Crippen molar-refractivity contribution in [3.8, 4) is 0 Å². The Hall–Kier alpha value is -4.04. The molecule has 37 heavy (non-hydrogen) atoms. The van der Waals surface area contributed by atoms with Gasteiger partial charge in [-0.2, -0.15) is 0 Å². The molecule has 0 N–H and O–H groups in total. The molecule has 0 aromatic heterocycles. The molecule has 1 saturated heterocycles. The van der Waals surface area contributed by atoms with E-state index in [-0.39, 0.29) is 41.3 Å². The van der Waals surface area contributed by atoms with Crippen LogP contribution in [0.15, 0.2) is 71.8 Å². The summed E-state index contributed by atoms with van der Waals surface area (Å²) in [5.74, 6) is -4.95. The number of Topliss-reactive ketones (excluding diaryl/α,β-unsaturated/α-hetero) is 1. The van der Waals surface area contributed by atoms with E-state index in [2.05, 4.69) is 0 Å². The van der Waals surface area contributed by atoms with Gasteiger partial charge in [0.2, 0.25) is 0 Å². The van der Waals surface area contributed by atoms with Crippen molar-refractivity contribution in [3.05, 3.63) is 117 Å². The Kier molecular flexibility index (Phi) is 7.69. The maximum Gasteiger partial charge on any atom is 0.254 e. The van der Waals surface area contributed by atoms with Crippen LogP contribution in [0, 0.1) is 23.3 Å². The second-order valence-corrected chi connectivity index (χ2v) is 9.11. The highest BCUT2D eigenvalue weighted by molar-refractivity contribution is 6.15. The minimum atomic E-state index is -1.07. The van der Waals surface area contributed by atoms with E-state index in [9.17, 15) is 27.2 Å². The highest BCUT2D eigenvalue weighted by Gasteiger charge is 2.30. The zero-order valence-electron chi connectivity index (χ0n) is 20.3. The van der Waals surface area contributed by atoms with E-state index in [0.29, 0.717) is 12.1 Å². The van der Waals surface area contributed by atoms with Crippen molar-refractivity contribution in [2.45, 2.75) is 6.54 Å². The summed E-state index contributed by atoms with van der Waals surface area (Å²) in [5.41, 5.74) is 2.27. The largest absolute Gasteiger partial charge is 0.330 e. The number of hydrogen-bond donors (Lipinski definition) is 0. The van der Waals surface area contributed by atoms with Gasteiger partial charge in [-0.15, -0.1) is 0 Å². The molecule has 1 aliphatic heterocycles. The quantitative estimate of drug-likeness (QED) is 0.338. The Morgan fingerprint density at radius 1 is 0.784 bits per heavy atom. The summed E-state index contributed by atoms with van der Waals surface area (Å²) >= 11 is 0. The third kappa shape index (κ3) is 6.21. The van der Waals surface area contributed by atoms with Gasteiger partial charge in [0.1, 0.15) is 0 Å². The molecular weight excluding hydrogens is 484 g/mol. The zero-order valence-corrected chi connectivity index (χ0v) is 20.3. The smallest absolute Gasteiger partial charge is 0.254 e. The second kappa shape index (κ2) is 10.9. The summed E-state index contributed by atoms with van der Waals surface area (Å²) in [4.78, 5) is 30.1. The van der Waals surface area contributed by atoms with Crippen LogP contribution < -0.4 is 0 Å². The van der Waals surface area contributed by atoms with Crippen LogP contribution in [-0.4, -0.2) is 48.7 Å². The molecule has 0 radical (unpaired) electrons. The van der Waals surface area contributed by atoms with Crippen LogP contribution in [-0.2, 0) is 11.3 Å². The fourth-order valence-corrected chi connectivity index (χ4v) is 4.09. The molecule has 1 heterocycles. The predicted molar refractivity (Wildman–Crippen MR) is 133 cm³/mol. The van der Waals surface area contributed by atoms with Gasteiger partial charge >= 0.3 is 0 Å². The molecule has 8 heteroatoms. The van der Waals surface area contributed by atoms with E-state index >= 15 is 0 Å². The molecule has 0 spiro atoms. The number of carbonyl (C=O) groups excluding carboxylic acids is 2. The lowest BCUT2D eigenvalue weighted by Crippen LogP contribution is -2.41. The molecule has 1 amide bonds. The maximum atomic E-state index is 13.8. The second-order valence-electron chi connectivity index (χ2n) is 9.11. The van der Waals surface area contributed by atoms with E-state index in [4.69, 9.17) is 0 Å². The van der Waals surface area contributed by atoms with E-state index in [0.717, 1.165) is 29.8 Å². The summed E-state index contributed by atoms with van der Waals surface area (Å²) in [6.07, 6.45) is 2.78. The van der Waals surface area contributed by atoms with Gasteiger partial charge in [0.15, 0.2) is 29.1 Å². The molecule has 1 fully saturated rings. The lowest BCUT2D eigenvalue weighted by Gasteiger charge is -2.30. The van der Waals surface area contributed by atoms with Gasteiger partial charge in [0.05, 0.1) is 13.1 Å². The topological polar surface area (TPSA) is 40.6 Å². The standard InChI is InChI=1S/C29H24F4N2O2/c1-34(2)15-18-3-7-21(8-4-18)29(37)35-16-22(11-19-5-9-24(30)26(32)13-19)28(36)23(17-35)12-20-6-10-25(31)27(33)14-20/h3-14H,15-17H2,1-2H3. The molecule has 0 unspecified atom stereocenters. The van der Waals surface area contributed by atoms with Gasteiger partial charge in [-0.25, -0.2) is 17.6 Å². The van der Waals surface area contributed by atoms with E-state index in [1.54, 1.807) is 12.1 Å². The fourth-order valence-electron chi connectivity index (χ4n) is 4.09. The molecule has 3 aromatic rings. The van der Waals surface area contributed by atoms with Crippen LogP contribution in [0.25, 0.3) is 12.2 Å². The van der Waals surface area contributed by atoms with Gasteiger partial charge in [0, 0.05) is 23.3 Å². The van der Waals surface area contributed by atoms with Crippen molar-refractivity contribution in [2.24, 2.45) is 0 Å². The van der Waals surface area contributed by atoms with E-state index in [1.807, 2.05) is 31.1 Å². The maximum absolute atomic E-state index is 13.8. The Balaban J connectivity index is 1.70. The predicted octanol–water partition coefficient (Wildman–Crippen LogP) is 5.50. The minimum Gasteiger partial charge on any atom is -0.330 e. The SMILES string of the molecule is CN(C)Cc1ccc(C(=O)N2CC(=Cc3ccc(F)c(F)c3)C(=O)C(=Cc3ccc(F)c(F)c3)C2)cc1. The normalized spacial score (nSPS) is 16.2. The Bertz CT molecular complexity index is 1340. The van der Waals surface area contributed by atoms with Crippen LogP contribution in [0.2, 0.25) is 0 Å². The lowest BCUT2D eigenvalue weighted by molar-refractivity contribution is -0.113. The van der Waals surface area contributed by atoms with Crippen molar-refractivity contribution in [3.63, 3.8) is 0 Å². The number of carbonyl (C=O) groups is 2. The molecule has 4 nitrogen and oxygen atoms in total. The lowest BCUT2D eigenvalue weighted by atomic mass is 9.93. The van der Waals surface area contributed by atoms with Crippen molar-refractivity contribution < 1.29 is 27.2 Å². The number of likely N-dealkylation sites (tertiary alicyclic amines) is 1. The number of rotatable bonds is 5. The van der Waals surface area contributed by atoms with Gasteiger partial charge in [-0.05, 0) is 79.3 Å². The number of piperidine rings is 1. The first-order valence-electron chi connectivity index (χ1n) is 11.5. The number of ketones is 1. The average Bonchev–Trinajstić information content (AvgIpc) is 2.85. The minimum absolute atomic E-state index is 0.0643. The molecular formula is C29H24F4N2O2. The van der Waals surface area contributed by atoms with Crippen LogP contribution in [0.3, 0.4) is 0 Å². The van der Waals surface area contributed by atoms with Crippen LogP contribution >= 0.6 is 0 Å².